The van der Waals surface area contributed by atoms with Gasteiger partial charge in [-0.25, -0.2) is 9.67 Å². The van der Waals surface area contributed by atoms with Gasteiger partial charge in [0, 0.05) is 26.1 Å². The first kappa shape index (κ1) is 11.5. The van der Waals surface area contributed by atoms with Crippen molar-refractivity contribution in [1.82, 2.24) is 20.1 Å². The van der Waals surface area contributed by atoms with Crippen LogP contribution in [0.3, 0.4) is 0 Å². The van der Waals surface area contributed by atoms with Crippen LogP contribution in [-0.4, -0.2) is 33.3 Å². The van der Waals surface area contributed by atoms with Crippen LogP contribution < -0.4 is 10.6 Å². The highest BCUT2D eigenvalue weighted by Crippen LogP contribution is 2.28. The van der Waals surface area contributed by atoms with Crippen LogP contribution in [-0.2, 0) is 11.8 Å². The predicted octanol–water partition coefficient (Wildman–Crippen LogP) is 1.03. The summed E-state index contributed by atoms with van der Waals surface area (Å²) in [5.41, 5.74) is 1.92. The van der Waals surface area contributed by atoms with Crippen molar-refractivity contribution in [3.63, 3.8) is 0 Å². The number of aryl methyl sites for hydroxylation is 2. The van der Waals surface area contributed by atoms with Gasteiger partial charge in [-0.15, -0.1) is 0 Å². The minimum atomic E-state index is 0.145. The second-order valence-corrected chi connectivity index (χ2v) is 5.56. The van der Waals surface area contributed by atoms with Crippen molar-refractivity contribution in [1.29, 1.82) is 0 Å². The fourth-order valence-corrected chi connectivity index (χ4v) is 3.14. The molecule has 1 aliphatic rings. The lowest BCUT2D eigenvalue weighted by Gasteiger charge is -2.09. The first-order chi connectivity index (χ1) is 8.63. The number of hydrogen-bond acceptors (Lipinski definition) is 5. The minimum Gasteiger partial charge on any atom is -0.359 e. The Morgan fingerprint density at radius 2 is 2.44 bits per heavy atom. The van der Waals surface area contributed by atoms with Gasteiger partial charge in [0.25, 0.3) is 0 Å². The molecule has 96 valence electrons. The monoisotopic (exact) mass is 265 g/mol. The molecule has 1 fully saturated rings. The molecule has 0 radical (unpaired) electrons. The van der Waals surface area contributed by atoms with E-state index in [9.17, 15) is 4.79 Å². The van der Waals surface area contributed by atoms with Crippen LogP contribution >= 0.6 is 11.3 Å². The second-order valence-electron chi connectivity index (χ2n) is 4.56. The Morgan fingerprint density at radius 3 is 3.11 bits per heavy atom. The molecule has 1 amide bonds. The van der Waals surface area contributed by atoms with Crippen molar-refractivity contribution >= 4 is 32.7 Å². The fourth-order valence-electron chi connectivity index (χ4n) is 2.20. The van der Waals surface area contributed by atoms with Gasteiger partial charge < -0.3 is 10.6 Å². The third-order valence-corrected chi connectivity index (χ3v) is 4.24. The smallest absolute Gasteiger partial charge is 0.220 e. The summed E-state index contributed by atoms with van der Waals surface area (Å²) in [4.78, 5) is 15.6. The van der Waals surface area contributed by atoms with Crippen molar-refractivity contribution in [3.8, 4) is 0 Å². The van der Waals surface area contributed by atoms with E-state index >= 15 is 0 Å². The first-order valence-electron chi connectivity index (χ1n) is 5.97. The number of fused-ring (bicyclic) bond motifs is 1. The maximum atomic E-state index is 11.1. The molecule has 0 bridgehead atoms. The summed E-state index contributed by atoms with van der Waals surface area (Å²) < 4.78 is 2.92. The SMILES string of the molecule is Cc1nn(C)c2nc(NCC3CCC(=O)N3)sc12. The van der Waals surface area contributed by atoms with E-state index in [1.807, 2.05) is 14.0 Å². The van der Waals surface area contributed by atoms with Crippen molar-refractivity contribution in [3.05, 3.63) is 5.69 Å². The Kier molecular flexibility index (Phi) is 2.70. The van der Waals surface area contributed by atoms with Crippen molar-refractivity contribution in [2.75, 3.05) is 11.9 Å². The van der Waals surface area contributed by atoms with Gasteiger partial charge in [0.1, 0.15) is 0 Å². The molecule has 1 unspecified atom stereocenters. The number of carbonyl (C=O) groups excluding carboxylic acids is 1. The Balaban J connectivity index is 1.71. The van der Waals surface area contributed by atoms with Gasteiger partial charge in [-0.1, -0.05) is 11.3 Å². The van der Waals surface area contributed by atoms with E-state index in [0.29, 0.717) is 6.42 Å². The summed E-state index contributed by atoms with van der Waals surface area (Å²) in [7, 11) is 1.90. The van der Waals surface area contributed by atoms with E-state index in [4.69, 9.17) is 0 Å². The van der Waals surface area contributed by atoms with E-state index < -0.39 is 0 Å². The van der Waals surface area contributed by atoms with E-state index in [1.165, 1.54) is 0 Å². The van der Waals surface area contributed by atoms with Crippen molar-refractivity contribution < 1.29 is 4.79 Å². The Morgan fingerprint density at radius 1 is 1.61 bits per heavy atom. The molecule has 0 saturated carbocycles. The van der Waals surface area contributed by atoms with Crippen LogP contribution in [0.2, 0.25) is 0 Å². The normalized spacial score (nSPS) is 19.4. The van der Waals surface area contributed by atoms with Crippen molar-refractivity contribution in [2.45, 2.75) is 25.8 Å². The molecule has 3 heterocycles. The number of nitrogens with zero attached hydrogens (tertiary/aromatic N) is 3. The number of hydrogen-bond donors (Lipinski definition) is 2. The predicted molar refractivity (Wildman–Crippen MR) is 70.8 cm³/mol. The fraction of sp³-hybridized carbons (Fsp3) is 0.545. The summed E-state index contributed by atoms with van der Waals surface area (Å²) in [5, 5.41) is 11.4. The first-order valence-corrected chi connectivity index (χ1v) is 6.78. The van der Waals surface area contributed by atoms with Crippen LogP contribution in [0.1, 0.15) is 18.5 Å². The molecule has 2 N–H and O–H groups in total. The summed E-state index contributed by atoms with van der Waals surface area (Å²) in [6.07, 6.45) is 1.53. The zero-order valence-electron chi connectivity index (χ0n) is 10.4. The zero-order chi connectivity index (χ0) is 12.7. The van der Waals surface area contributed by atoms with Gasteiger partial charge in [-0.05, 0) is 13.3 Å². The molecule has 1 atom stereocenters. The zero-order valence-corrected chi connectivity index (χ0v) is 11.2. The molecule has 7 heteroatoms. The highest BCUT2D eigenvalue weighted by molar-refractivity contribution is 7.22. The van der Waals surface area contributed by atoms with Crippen LogP contribution in [0.15, 0.2) is 0 Å². The van der Waals surface area contributed by atoms with Crippen LogP contribution in [0.5, 0.6) is 0 Å². The average molecular weight is 265 g/mol. The molecule has 2 aromatic rings. The minimum absolute atomic E-state index is 0.145. The third-order valence-electron chi connectivity index (χ3n) is 3.13. The largest absolute Gasteiger partial charge is 0.359 e. The van der Waals surface area contributed by atoms with E-state index in [1.54, 1.807) is 16.0 Å². The number of amides is 1. The lowest BCUT2D eigenvalue weighted by atomic mass is 10.2. The van der Waals surface area contributed by atoms with Gasteiger partial charge in [0.2, 0.25) is 5.91 Å². The molecular formula is C11H15N5OS. The van der Waals surface area contributed by atoms with Gasteiger partial charge >= 0.3 is 0 Å². The molecule has 1 aliphatic heterocycles. The third kappa shape index (κ3) is 1.94. The van der Waals surface area contributed by atoms with E-state index in [2.05, 4.69) is 20.7 Å². The summed E-state index contributed by atoms with van der Waals surface area (Å²) in [5.74, 6) is 0.145. The summed E-state index contributed by atoms with van der Waals surface area (Å²) in [6, 6.07) is 0.226. The molecule has 0 aliphatic carbocycles. The Hall–Kier alpha value is -1.63. The van der Waals surface area contributed by atoms with E-state index in [0.717, 1.165) is 34.1 Å². The molecule has 18 heavy (non-hydrogen) atoms. The Bertz CT molecular complexity index is 567. The van der Waals surface area contributed by atoms with Crippen LogP contribution in [0.25, 0.3) is 10.3 Å². The molecule has 1 saturated heterocycles. The van der Waals surface area contributed by atoms with Gasteiger partial charge in [0.15, 0.2) is 10.8 Å². The second kappa shape index (κ2) is 4.24. The van der Waals surface area contributed by atoms with Gasteiger partial charge in [-0.2, -0.15) is 5.10 Å². The lowest BCUT2D eigenvalue weighted by molar-refractivity contribution is -0.119. The average Bonchev–Trinajstić information content (AvgIpc) is 2.97. The highest BCUT2D eigenvalue weighted by Gasteiger charge is 2.20. The maximum absolute atomic E-state index is 11.1. The molecule has 6 nitrogen and oxygen atoms in total. The number of nitrogens with one attached hydrogen (secondary N) is 2. The molecular weight excluding hydrogens is 250 g/mol. The highest BCUT2D eigenvalue weighted by atomic mass is 32.1. The molecule has 2 aromatic heterocycles. The maximum Gasteiger partial charge on any atom is 0.220 e. The Labute approximate surface area is 108 Å². The summed E-state index contributed by atoms with van der Waals surface area (Å²) in [6.45, 7) is 2.72. The quantitative estimate of drug-likeness (QED) is 0.869. The van der Waals surface area contributed by atoms with Crippen LogP contribution in [0, 0.1) is 6.92 Å². The van der Waals surface area contributed by atoms with E-state index in [-0.39, 0.29) is 11.9 Å². The van der Waals surface area contributed by atoms with Crippen molar-refractivity contribution in [2.24, 2.45) is 7.05 Å². The molecule has 3 rings (SSSR count). The van der Waals surface area contributed by atoms with Gasteiger partial charge in [0.05, 0.1) is 10.4 Å². The van der Waals surface area contributed by atoms with Crippen LogP contribution in [0.4, 0.5) is 5.13 Å². The molecule has 0 spiro atoms. The lowest BCUT2D eigenvalue weighted by Crippen LogP contribution is -2.31. The number of rotatable bonds is 3. The number of aromatic nitrogens is 3. The standard InChI is InChI=1S/C11H15N5OS/c1-6-9-10(16(2)15-6)14-11(18-9)12-5-7-3-4-8(17)13-7/h7H,3-5H2,1-2H3,(H,12,14)(H,13,17). The summed E-state index contributed by atoms with van der Waals surface area (Å²) >= 11 is 1.61. The topological polar surface area (TPSA) is 71.8 Å². The molecule has 0 aromatic carbocycles. The number of thiazole rings is 1. The van der Waals surface area contributed by atoms with Gasteiger partial charge in [-0.3, -0.25) is 4.79 Å². The number of anilines is 1. The number of carbonyl (C=O) groups is 1.